The van der Waals surface area contributed by atoms with Crippen LogP contribution in [0.3, 0.4) is 0 Å². The fraction of sp³-hybridized carbons (Fsp3) is 1.00. The van der Waals surface area contributed by atoms with Gasteiger partial charge >= 0.3 is 0 Å². The van der Waals surface area contributed by atoms with Gasteiger partial charge in [0.25, 0.3) is 0 Å². The lowest BCUT2D eigenvalue weighted by Gasteiger charge is -2.48. The molecule has 1 fully saturated rings. The Bertz CT molecular complexity index is 146. The van der Waals surface area contributed by atoms with E-state index < -0.39 is 0 Å². The lowest BCUT2D eigenvalue weighted by Crippen LogP contribution is -2.40. The topological polar surface area (TPSA) is 0 Å². The number of hydrogen-bond acceptors (Lipinski definition) is 0. The van der Waals surface area contributed by atoms with Crippen molar-refractivity contribution in [3.8, 4) is 0 Å². The van der Waals surface area contributed by atoms with E-state index in [1.54, 1.807) is 0 Å². The maximum atomic E-state index is 2.46. The summed E-state index contributed by atoms with van der Waals surface area (Å²) in [5.41, 5.74) is 0.576. The van der Waals surface area contributed by atoms with E-state index in [1.807, 2.05) is 0 Å². The molecule has 12 heavy (non-hydrogen) atoms. The van der Waals surface area contributed by atoms with Crippen LogP contribution in [0.15, 0.2) is 0 Å². The molecule has 0 N–H and O–H groups in total. The molecule has 1 rings (SSSR count). The van der Waals surface area contributed by atoms with Crippen LogP contribution in [-0.2, 0) is 0 Å². The van der Waals surface area contributed by atoms with Crippen LogP contribution in [0.4, 0.5) is 0 Å². The van der Waals surface area contributed by atoms with Crippen LogP contribution < -0.4 is 0 Å². The van der Waals surface area contributed by atoms with E-state index in [1.165, 1.54) is 19.3 Å². The molecule has 0 aromatic heterocycles. The molecular weight excluding hydrogens is 144 g/mol. The summed E-state index contributed by atoms with van der Waals surface area (Å²) in [5, 5.41) is 0. The minimum absolute atomic E-state index is 0.576. The molecular formula is C12H24. The van der Waals surface area contributed by atoms with Crippen molar-refractivity contribution < 1.29 is 0 Å². The molecule has 72 valence electrons. The molecule has 0 aromatic carbocycles. The van der Waals surface area contributed by atoms with Crippen LogP contribution in [0.5, 0.6) is 0 Å². The standard InChI is InChI=1S/C12H24/c1-6-10(3)12(4,5)11-8-7-9(11)2/h9-11H,6-8H2,1-5H3. The fourth-order valence-corrected chi connectivity index (χ4v) is 2.66. The zero-order valence-electron chi connectivity index (χ0n) is 9.35. The van der Waals surface area contributed by atoms with E-state index in [9.17, 15) is 0 Å². The van der Waals surface area contributed by atoms with Crippen LogP contribution in [0.25, 0.3) is 0 Å². The predicted octanol–water partition coefficient (Wildman–Crippen LogP) is 4.10. The Balaban J connectivity index is 2.57. The zero-order chi connectivity index (χ0) is 9.35. The molecule has 0 nitrogen and oxygen atoms in total. The highest BCUT2D eigenvalue weighted by atomic mass is 14.5. The molecule has 0 aliphatic heterocycles. The molecule has 3 atom stereocenters. The fourth-order valence-electron chi connectivity index (χ4n) is 2.66. The van der Waals surface area contributed by atoms with Gasteiger partial charge in [-0.15, -0.1) is 0 Å². The van der Waals surface area contributed by atoms with Gasteiger partial charge in [0, 0.05) is 0 Å². The third-order valence-corrected chi connectivity index (χ3v) is 4.46. The van der Waals surface area contributed by atoms with Crippen LogP contribution in [0, 0.1) is 23.2 Å². The summed E-state index contributed by atoms with van der Waals surface area (Å²) in [6.45, 7) is 12.1. The Morgan fingerprint density at radius 1 is 1.33 bits per heavy atom. The van der Waals surface area contributed by atoms with Crippen molar-refractivity contribution >= 4 is 0 Å². The number of hydrogen-bond donors (Lipinski definition) is 0. The molecule has 0 saturated heterocycles. The second-order valence-corrected chi connectivity index (χ2v) is 5.29. The second-order valence-electron chi connectivity index (χ2n) is 5.29. The molecule has 3 unspecified atom stereocenters. The highest BCUT2D eigenvalue weighted by Gasteiger charge is 2.41. The third-order valence-electron chi connectivity index (χ3n) is 4.46. The Kier molecular flexibility index (Phi) is 2.85. The molecule has 1 aliphatic rings. The lowest BCUT2D eigenvalue weighted by molar-refractivity contribution is 0.0109. The zero-order valence-corrected chi connectivity index (χ0v) is 9.35. The Morgan fingerprint density at radius 2 is 1.92 bits per heavy atom. The maximum absolute atomic E-state index is 2.46. The van der Waals surface area contributed by atoms with Crippen molar-refractivity contribution in [2.24, 2.45) is 23.2 Å². The van der Waals surface area contributed by atoms with E-state index in [0.717, 1.165) is 17.8 Å². The molecule has 1 aliphatic carbocycles. The first-order valence-corrected chi connectivity index (χ1v) is 5.50. The monoisotopic (exact) mass is 168 g/mol. The summed E-state index contributed by atoms with van der Waals surface area (Å²) in [5.74, 6) is 2.85. The highest BCUT2D eigenvalue weighted by Crippen LogP contribution is 2.50. The minimum atomic E-state index is 0.576. The Hall–Kier alpha value is 0. The van der Waals surface area contributed by atoms with E-state index >= 15 is 0 Å². The van der Waals surface area contributed by atoms with E-state index in [-0.39, 0.29) is 0 Å². The van der Waals surface area contributed by atoms with Gasteiger partial charge in [-0.1, -0.05) is 47.5 Å². The quantitative estimate of drug-likeness (QED) is 0.595. The molecule has 0 heteroatoms. The van der Waals surface area contributed by atoms with Crippen molar-refractivity contribution in [1.82, 2.24) is 0 Å². The molecule has 0 aromatic rings. The molecule has 0 bridgehead atoms. The largest absolute Gasteiger partial charge is 0.0651 e. The van der Waals surface area contributed by atoms with Gasteiger partial charge in [-0.2, -0.15) is 0 Å². The smallest absolute Gasteiger partial charge is 0.0298 e. The normalized spacial score (nSPS) is 32.8. The second kappa shape index (κ2) is 3.40. The predicted molar refractivity (Wildman–Crippen MR) is 55.1 cm³/mol. The van der Waals surface area contributed by atoms with Gasteiger partial charge in [0.15, 0.2) is 0 Å². The van der Waals surface area contributed by atoms with Crippen molar-refractivity contribution in [3.05, 3.63) is 0 Å². The Morgan fingerprint density at radius 3 is 2.17 bits per heavy atom. The highest BCUT2D eigenvalue weighted by molar-refractivity contribution is 4.91. The first kappa shape index (κ1) is 10.1. The van der Waals surface area contributed by atoms with Crippen LogP contribution >= 0.6 is 0 Å². The van der Waals surface area contributed by atoms with Crippen molar-refractivity contribution in [2.75, 3.05) is 0 Å². The van der Waals surface area contributed by atoms with Gasteiger partial charge in [0.05, 0.1) is 0 Å². The summed E-state index contributed by atoms with van der Waals surface area (Å²) < 4.78 is 0. The van der Waals surface area contributed by atoms with Crippen LogP contribution in [0.1, 0.15) is 53.9 Å². The molecule has 0 heterocycles. The van der Waals surface area contributed by atoms with Crippen molar-refractivity contribution in [1.29, 1.82) is 0 Å². The average Bonchev–Trinajstić information content (AvgIpc) is 1.99. The van der Waals surface area contributed by atoms with E-state index in [2.05, 4.69) is 34.6 Å². The summed E-state index contributed by atoms with van der Waals surface area (Å²) in [6.07, 6.45) is 4.26. The van der Waals surface area contributed by atoms with Crippen molar-refractivity contribution in [3.63, 3.8) is 0 Å². The van der Waals surface area contributed by atoms with Gasteiger partial charge in [-0.05, 0) is 29.6 Å². The molecule has 0 spiro atoms. The van der Waals surface area contributed by atoms with Gasteiger partial charge < -0.3 is 0 Å². The first-order chi connectivity index (χ1) is 5.50. The Labute approximate surface area is 77.7 Å². The molecule has 1 saturated carbocycles. The van der Waals surface area contributed by atoms with Crippen LogP contribution in [-0.4, -0.2) is 0 Å². The van der Waals surface area contributed by atoms with Gasteiger partial charge in [0.1, 0.15) is 0 Å². The first-order valence-electron chi connectivity index (χ1n) is 5.50. The van der Waals surface area contributed by atoms with Gasteiger partial charge in [0.2, 0.25) is 0 Å². The van der Waals surface area contributed by atoms with E-state index in [4.69, 9.17) is 0 Å². The third kappa shape index (κ3) is 1.53. The van der Waals surface area contributed by atoms with Gasteiger partial charge in [-0.25, -0.2) is 0 Å². The van der Waals surface area contributed by atoms with Crippen LogP contribution in [0.2, 0.25) is 0 Å². The average molecular weight is 168 g/mol. The summed E-state index contributed by atoms with van der Waals surface area (Å²) >= 11 is 0. The van der Waals surface area contributed by atoms with E-state index in [0.29, 0.717) is 5.41 Å². The molecule has 0 amide bonds. The molecule has 0 radical (unpaired) electrons. The summed E-state index contributed by atoms with van der Waals surface area (Å²) in [6, 6.07) is 0. The van der Waals surface area contributed by atoms with Gasteiger partial charge in [-0.3, -0.25) is 0 Å². The summed E-state index contributed by atoms with van der Waals surface area (Å²) in [7, 11) is 0. The minimum Gasteiger partial charge on any atom is -0.0651 e. The van der Waals surface area contributed by atoms with Crippen molar-refractivity contribution in [2.45, 2.75) is 53.9 Å². The maximum Gasteiger partial charge on any atom is -0.0298 e. The SMILES string of the molecule is CCC(C)C(C)(C)C1CCC1C. The lowest BCUT2D eigenvalue weighted by atomic mass is 9.57. The summed E-state index contributed by atoms with van der Waals surface area (Å²) in [4.78, 5) is 0. The number of rotatable bonds is 3.